The zero-order valence-electron chi connectivity index (χ0n) is 30.3. The summed E-state index contributed by atoms with van der Waals surface area (Å²) in [6.07, 6.45) is 21.3. The van der Waals surface area contributed by atoms with Crippen LogP contribution in [0.4, 0.5) is 0 Å². The molecule has 2 saturated heterocycles. The molecule has 2 rings (SSSR count). The van der Waals surface area contributed by atoms with Gasteiger partial charge in [-0.05, 0) is 19.3 Å². The first-order valence-corrected chi connectivity index (χ1v) is 19.8. The third kappa shape index (κ3) is 18.9. The molecule has 0 aromatic carbocycles. The van der Waals surface area contributed by atoms with Crippen LogP contribution in [0.1, 0.15) is 161 Å². The van der Waals surface area contributed by atoms with E-state index in [-0.39, 0.29) is 12.5 Å². The predicted octanol–water partition coefficient (Wildman–Crippen LogP) is 5.68. The van der Waals surface area contributed by atoms with Gasteiger partial charge in [0.25, 0.3) is 0 Å². The highest BCUT2D eigenvalue weighted by atomic mass is 16.7. The molecule has 0 aromatic rings. The van der Waals surface area contributed by atoms with Crippen LogP contribution in [0.5, 0.6) is 0 Å². The summed E-state index contributed by atoms with van der Waals surface area (Å²) in [6, 6.07) is -0.711. The summed E-state index contributed by atoms with van der Waals surface area (Å²) in [7, 11) is 0. The molecule has 1 amide bonds. The second-order valence-electron chi connectivity index (χ2n) is 14.6. The van der Waals surface area contributed by atoms with Gasteiger partial charge < -0.3 is 45.1 Å². The van der Waals surface area contributed by atoms with E-state index in [0.29, 0.717) is 19.3 Å². The molecule has 10 heteroatoms. The van der Waals surface area contributed by atoms with Gasteiger partial charge in [0.05, 0.1) is 38.6 Å². The van der Waals surface area contributed by atoms with Gasteiger partial charge in [0.2, 0.25) is 5.91 Å². The molecular weight excluding hydrogens is 614 g/mol. The Morgan fingerprint density at radius 1 is 0.729 bits per heavy atom. The second-order valence-corrected chi connectivity index (χ2v) is 14.6. The fourth-order valence-electron chi connectivity index (χ4n) is 6.78. The number of ether oxygens (including phenoxy) is 3. The Kier molecular flexibility index (Phi) is 25.1. The smallest absolute Gasteiger partial charge is 0.220 e. The minimum atomic E-state index is -1.54. The summed E-state index contributed by atoms with van der Waals surface area (Å²) in [6.45, 7) is 3.25. The van der Waals surface area contributed by atoms with Crippen LogP contribution >= 0.6 is 0 Å². The van der Waals surface area contributed by atoms with Crippen LogP contribution in [0.2, 0.25) is 0 Å². The van der Waals surface area contributed by atoms with Crippen molar-refractivity contribution in [3.8, 4) is 0 Å². The topological polar surface area (TPSA) is 158 Å². The number of aliphatic hydroxyl groups excluding tert-OH is 5. The van der Waals surface area contributed by atoms with E-state index >= 15 is 0 Å². The highest BCUT2D eigenvalue weighted by Gasteiger charge is 2.44. The van der Waals surface area contributed by atoms with Crippen LogP contribution in [0.25, 0.3) is 0 Å². The molecule has 0 spiro atoms. The van der Waals surface area contributed by atoms with Crippen molar-refractivity contribution >= 4 is 5.91 Å². The fourth-order valence-corrected chi connectivity index (χ4v) is 6.78. The van der Waals surface area contributed by atoms with Gasteiger partial charge in [-0.15, -0.1) is 0 Å². The first kappa shape index (κ1) is 43.3. The monoisotopic (exact) mass is 688 g/mol. The summed E-state index contributed by atoms with van der Waals surface area (Å²) in [5, 5.41) is 53.0. The molecule has 0 bridgehead atoms. The lowest BCUT2D eigenvalue weighted by Gasteiger charge is -2.40. The molecule has 0 aliphatic carbocycles. The quantitative estimate of drug-likeness (QED) is 0.0505. The maximum atomic E-state index is 12.6. The minimum Gasteiger partial charge on any atom is -0.394 e. The van der Waals surface area contributed by atoms with Crippen LogP contribution < -0.4 is 5.32 Å². The molecule has 2 fully saturated rings. The van der Waals surface area contributed by atoms with E-state index in [2.05, 4.69) is 5.32 Å². The summed E-state index contributed by atoms with van der Waals surface area (Å²) >= 11 is 0. The number of amides is 1. The molecule has 0 aromatic heterocycles. The van der Waals surface area contributed by atoms with E-state index in [1.54, 1.807) is 0 Å². The van der Waals surface area contributed by atoms with E-state index in [0.717, 1.165) is 38.4 Å². The van der Waals surface area contributed by atoms with Crippen molar-refractivity contribution in [2.24, 2.45) is 5.92 Å². The van der Waals surface area contributed by atoms with Gasteiger partial charge in [0.15, 0.2) is 6.29 Å². The molecule has 2 aliphatic rings. The number of hydrogen-bond acceptors (Lipinski definition) is 9. The molecule has 10 nitrogen and oxygen atoms in total. The molecule has 2 aliphatic heterocycles. The molecule has 0 saturated carbocycles. The van der Waals surface area contributed by atoms with E-state index < -0.39 is 49.5 Å². The Labute approximate surface area is 291 Å². The van der Waals surface area contributed by atoms with E-state index in [1.165, 1.54) is 116 Å². The number of unbranched alkanes of at least 4 members (excludes halogenated alkanes) is 19. The molecule has 5 unspecified atom stereocenters. The van der Waals surface area contributed by atoms with Crippen LogP contribution in [0.15, 0.2) is 0 Å². The largest absolute Gasteiger partial charge is 0.394 e. The predicted molar refractivity (Wildman–Crippen MR) is 188 cm³/mol. The highest BCUT2D eigenvalue weighted by Crippen LogP contribution is 2.23. The lowest BCUT2D eigenvalue weighted by atomic mass is 9.98. The first-order valence-electron chi connectivity index (χ1n) is 19.8. The Morgan fingerprint density at radius 2 is 1.21 bits per heavy atom. The SMILES string of the molecule is CCC[C@@H](O)[C@H](COC1OC(CO)C(O)C(O)C1O)NC(=O)CCCCCCCCCCCCCCCCCCCCCCC1COC1. The average molecular weight is 688 g/mol. The average Bonchev–Trinajstić information content (AvgIpc) is 3.05. The number of aliphatic hydroxyl groups is 5. The fraction of sp³-hybridized carbons (Fsp3) is 0.974. The lowest BCUT2D eigenvalue weighted by molar-refractivity contribution is -0.302. The molecule has 0 radical (unpaired) electrons. The van der Waals surface area contributed by atoms with Gasteiger partial charge in [-0.3, -0.25) is 4.79 Å². The van der Waals surface area contributed by atoms with E-state index in [9.17, 15) is 30.3 Å². The Balaban J connectivity index is 1.38. The summed E-state index contributed by atoms with van der Waals surface area (Å²) in [5.74, 6) is 0.704. The number of hydrogen-bond donors (Lipinski definition) is 6. The van der Waals surface area contributed by atoms with Crippen molar-refractivity contribution in [2.45, 2.75) is 204 Å². The Morgan fingerprint density at radius 3 is 1.65 bits per heavy atom. The van der Waals surface area contributed by atoms with E-state index in [4.69, 9.17) is 14.2 Å². The maximum absolute atomic E-state index is 12.6. The molecular formula is C38H73NO9. The number of carbonyl (C=O) groups is 1. The van der Waals surface area contributed by atoms with Gasteiger partial charge in [-0.1, -0.05) is 135 Å². The van der Waals surface area contributed by atoms with Gasteiger partial charge in [0, 0.05) is 12.3 Å². The zero-order valence-corrected chi connectivity index (χ0v) is 30.3. The van der Waals surface area contributed by atoms with Crippen molar-refractivity contribution in [2.75, 3.05) is 26.4 Å². The molecule has 284 valence electrons. The summed E-state index contributed by atoms with van der Waals surface area (Å²) in [5.41, 5.74) is 0. The van der Waals surface area contributed by atoms with Crippen molar-refractivity contribution in [3.63, 3.8) is 0 Å². The zero-order chi connectivity index (χ0) is 34.8. The normalized spacial score (nSPS) is 24.3. The Hall–Kier alpha value is -0.850. The van der Waals surface area contributed by atoms with Crippen molar-refractivity contribution < 1.29 is 44.5 Å². The van der Waals surface area contributed by atoms with Gasteiger partial charge in [-0.2, -0.15) is 0 Å². The van der Waals surface area contributed by atoms with Crippen LogP contribution in [-0.4, -0.2) is 101 Å². The summed E-state index contributed by atoms with van der Waals surface area (Å²) < 4.78 is 16.2. The molecule has 48 heavy (non-hydrogen) atoms. The third-order valence-corrected chi connectivity index (χ3v) is 10.2. The van der Waals surface area contributed by atoms with Crippen molar-refractivity contribution in [1.29, 1.82) is 0 Å². The molecule has 6 N–H and O–H groups in total. The van der Waals surface area contributed by atoms with Crippen LogP contribution in [0.3, 0.4) is 0 Å². The van der Waals surface area contributed by atoms with Gasteiger partial charge in [-0.25, -0.2) is 0 Å². The number of rotatable bonds is 31. The standard InChI is InChI=1S/C38H73NO9/c1-2-23-32(41)31(29-47-38-37(45)36(44)35(43)33(26-40)48-38)39-34(42)25-22-20-18-16-14-12-10-8-6-4-3-5-7-9-11-13-15-17-19-21-24-30-27-46-28-30/h30-33,35-38,40-41,43-45H,2-29H2,1H3,(H,39,42)/t31-,32+,33?,35?,36?,37?,38?/m0/s1. The molecule has 7 atom stereocenters. The van der Waals surface area contributed by atoms with Gasteiger partial charge >= 0.3 is 0 Å². The van der Waals surface area contributed by atoms with Crippen LogP contribution in [-0.2, 0) is 19.0 Å². The first-order chi connectivity index (χ1) is 23.4. The Bertz CT molecular complexity index is 768. The minimum absolute atomic E-state index is 0.145. The van der Waals surface area contributed by atoms with Crippen molar-refractivity contribution in [1.82, 2.24) is 5.32 Å². The molecule has 2 heterocycles. The van der Waals surface area contributed by atoms with Gasteiger partial charge in [0.1, 0.15) is 24.4 Å². The number of nitrogens with one attached hydrogen (secondary N) is 1. The highest BCUT2D eigenvalue weighted by molar-refractivity contribution is 5.76. The van der Waals surface area contributed by atoms with E-state index in [1.807, 2.05) is 6.92 Å². The number of carbonyl (C=O) groups excluding carboxylic acids is 1. The van der Waals surface area contributed by atoms with Crippen LogP contribution in [0, 0.1) is 5.92 Å². The lowest BCUT2D eigenvalue weighted by Crippen LogP contribution is -2.60. The third-order valence-electron chi connectivity index (χ3n) is 10.2. The maximum Gasteiger partial charge on any atom is 0.220 e. The van der Waals surface area contributed by atoms with Crippen molar-refractivity contribution in [3.05, 3.63) is 0 Å². The second kappa shape index (κ2) is 27.8. The summed E-state index contributed by atoms with van der Waals surface area (Å²) in [4.78, 5) is 12.6.